The Kier molecular flexibility index (Phi) is 6.45. The lowest BCUT2D eigenvalue weighted by Gasteiger charge is -2.46. The molecule has 0 radical (unpaired) electrons. The average molecular weight is 346 g/mol. The Balaban J connectivity index is 0.00000208. The highest BCUT2D eigenvalue weighted by Crippen LogP contribution is 2.45. The fourth-order valence-corrected chi connectivity index (χ4v) is 4.20. The van der Waals surface area contributed by atoms with E-state index in [0.29, 0.717) is 6.04 Å². The van der Waals surface area contributed by atoms with Crippen LogP contribution in [-0.2, 0) is 5.60 Å². The number of benzene rings is 2. The van der Waals surface area contributed by atoms with E-state index in [4.69, 9.17) is 0 Å². The van der Waals surface area contributed by atoms with Crippen molar-refractivity contribution in [3.05, 3.63) is 71.8 Å². The third-order valence-electron chi connectivity index (χ3n) is 5.36. The summed E-state index contributed by atoms with van der Waals surface area (Å²) in [6, 6.07) is 20.8. The van der Waals surface area contributed by atoms with E-state index in [1.54, 1.807) is 0 Å². The zero-order valence-electron chi connectivity index (χ0n) is 14.6. The molecule has 1 saturated carbocycles. The van der Waals surface area contributed by atoms with E-state index in [-0.39, 0.29) is 18.3 Å². The highest BCUT2D eigenvalue weighted by atomic mass is 35.5. The number of hydrogen-bond donors (Lipinski definition) is 1. The maximum Gasteiger partial charge on any atom is 0.119 e. The maximum absolute atomic E-state index is 12.0. The van der Waals surface area contributed by atoms with E-state index < -0.39 is 5.60 Å². The first kappa shape index (κ1) is 19.0. The lowest BCUT2D eigenvalue weighted by atomic mass is 9.67. The summed E-state index contributed by atoms with van der Waals surface area (Å²) in [5.41, 5.74) is 1.08. The normalized spacial score (nSPS) is 21.3. The molecule has 2 aromatic rings. The molecule has 2 atom stereocenters. The average Bonchev–Trinajstić information content (AvgIpc) is 2.62. The Bertz CT molecular complexity index is 575. The van der Waals surface area contributed by atoms with E-state index in [0.717, 1.165) is 24.0 Å². The fourth-order valence-electron chi connectivity index (χ4n) is 4.20. The van der Waals surface area contributed by atoms with Crippen molar-refractivity contribution < 1.29 is 5.11 Å². The van der Waals surface area contributed by atoms with Crippen molar-refractivity contribution in [1.29, 1.82) is 0 Å². The molecule has 2 nitrogen and oxygen atoms in total. The van der Waals surface area contributed by atoms with E-state index >= 15 is 0 Å². The van der Waals surface area contributed by atoms with Crippen LogP contribution in [0.4, 0.5) is 0 Å². The number of aliphatic hydroxyl groups is 1. The Morgan fingerprint density at radius 3 is 1.75 bits per heavy atom. The second kappa shape index (κ2) is 8.15. The zero-order valence-corrected chi connectivity index (χ0v) is 15.4. The lowest BCUT2D eigenvalue weighted by Crippen LogP contribution is -2.49. The Labute approximate surface area is 151 Å². The van der Waals surface area contributed by atoms with Gasteiger partial charge in [-0.25, -0.2) is 0 Å². The summed E-state index contributed by atoms with van der Waals surface area (Å²) < 4.78 is 0. The minimum Gasteiger partial charge on any atom is -0.380 e. The van der Waals surface area contributed by atoms with Crippen molar-refractivity contribution in [3.8, 4) is 0 Å². The van der Waals surface area contributed by atoms with Gasteiger partial charge in [-0.3, -0.25) is 0 Å². The van der Waals surface area contributed by atoms with Crippen molar-refractivity contribution in [3.63, 3.8) is 0 Å². The van der Waals surface area contributed by atoms with Crippen molar-refractivity contribution in [2.45, 2.75) is 37.3 Å². The van der Waals surface area contributed by atoms with Crippen LogP contribution < -0.4 is 0 Å². The van der Waals surface area contributed by atoms with Crippen LogP contribution in [0.25, 0.3) is 0 Å². The molecule has 0 saturated heterocycles. The number of hydrogen-bond acceptors (Lipinski definition) is 2. The molecule has 3 heteroatoms. The summed E-state index contributed by atoms with van der Waals surface area (Å²) in [6.45, 7) is 0. The Morgan fingerprint density at radius 1 is 0.833 bits per heavy atom. The highest BCUT2D eigenvalue weighted by molar-refractivity contribution is 5.85. The predicted molar refractivity (Wildman–Crippen MR) is 103 cm³/mol. The first-order valence-corrected chi connectivity index (χ1v) is 8.64. The third kappa shape index (κ3) is 3.51. The quantitative estimate of drug-likeness (QED) is 0.884. The Hall–Kier alpha value is -1.35. The molecule has 0 aromatic heterocycles. The van der Waals surface area contributed by atoms with Gasteiger partial charge in [-0.2, -0.15) is 0 Å². The largest absolute Gasteiger partial charge is 0.380 e. The number of rotatable bonds is 4. The third-order valence-corrected chi connectivity index (χ3v) is 5.36. The van der Waals surface area contributed by atoms with Crippen LogP contribution in [0.15, 0.2) is 60.7 Å². The lowest BCUT2D eigenvalue weighted by molar-refractivity contribution is -0.0381. The second-order valence-corrected chi connectivity index (χ2v) is 6.92. The monoisotopic (exact) mass is 345 g/mol. The topological polar surface area (TPSA) is 23.5 Å². The van der Waals surface area contributed by atoms with E-state index in [1.165, 1.54) is 12.8 Å². The second-order valence-electron chi connectivity index (χ2n) is 6.92. The summed E-state index contributed by atoms with van der Waals surface area (Å²) in [7, 11) is 4.28. The van der Waals surface area contributed by atoms with Gasteiger partial charge in [-0.15, -0.1) is 12.4 Å². The summed E-state index contributed by atoms with van der Waals surface area (Å²) >= 11 is 0. The first-order chi connectivity index (χ1) is 11.1. The molecule has 0 aliphatic heterocycles. The van der Waals surface area contributed by atoms with Gasteiger partial charge in [0.2, 0.25) is 0 Å². The van der Waals surface area contributed by atoms with Gasteiger partial charge in [0.25, 0.3) is 0 Å². The molecule has 1 fully saturated rings. The summed E-state index contributed by atoms with van der Waals surface area (Å²) in [5.74, 6) is 0.205. The molecule has 2 unspecified atom stereocenters. The number of nitrogens with zero attached hydrogens (tertiary/aromatic N) is 1. The van der Waals surface area contributed by atoms with Gasteiger partial charge >= 0.3 is 0 Å². The summed E-state index contributed by atoms with van der Waals surface area (Å²) in [5, 5.41) is 12.0. The van der Waals surface area contributed by atoms with Crippen LogP contribution in [0.1, 0.15) is 36.8 Å². The van der Waals surface area contributed by atoms with Crippen molar-refractivity contribution in [1.82, 2.24) is 4.90 Å². The van der Waals surface area contributed by atoms with Gasteiger partial charge in [0.1, 0.15) is 5.60 Å². The van der Waals surface area contributed by atoms with Gasteiger partial charge < -0.3 is 10.0 Å². The molecule has 1 N–H and O–H groups in total. The first-order valence-electron chi connectivity index (χ1n) is 8.64. The molecule has 24 heavy (non-hydrogen) atoms. The van der Waals surface area contributed by atoms with Crippen LogP contribution in [0.3, 0.4) is 0 Å². The van der Waals surface area contributed by atoms with E-state index in [1.807, 2.05) is 36.4 Å². The van der Waals surface area contributed by atoms with Crippen molar-refractivity contribution in [2.75, 3.05) is 14.1 Å². The standard InChI is InChI=1S/C21H27NO.ClH/c1-22(2)20-16-10-9-15-19(20)21(23,17-11-5-3-6-12-17)18-13-7-4-8-14-18;/h3-8,11-14,19-20,23H,9-10,15-16H2,1-2H3;1H. The maximum atomic E-state index is 12.0. The van der Waals surface area contributed by atoms with Crippen molar-refractivity contribution in [2.24, 2.45) is 5.92 Å². The van der Waals surface area contributed by atoms with Gasteiger partial charge in [-0.05, 0) is 38.1 Å². The minimum absolute atomic E-state index is 0. The molecule has 1 aliphatic carbocycles. The SMILES string of the molecule is CN(C)C1CCCCC1C(O)(c1ccccc1)c1ccccc1.Cl. The van der Waals surface area contributed by atoms with Crippen LogP contribution in [-0.4, -0.2) is 30.1 Å². The van der Waals surface area contributed by atoms with Crippen LogP contribution in [0.2, 0.25) is 0 Å². The molecular formula is C21H28ClNO. The van der Waals surface area contributed by atoms with Gasteiger partial charge in [0, 0.05) is 12.0 Å². The number of halogens is 1. The molecule has 0 bridgehead atoms. The summed E-state index contributed by atoms with van der Waals surface area (Å²) in [6.07, 6.45) is 4.65. The fraction of sp³-hybridized carbons (Fsp3) is 0.429. The zero-order chi connectivity index (χ0) is 16.3. The summed E-state index contributed by atoms with van der Waals surface area (Å²) in [4.78, 5) is 2.29. The molecule has 0 heterocycles. The van der Waals surface area contributed by atoms with Gasteiger partial charge in [0.05, 0.1) is 0 Å². The molecule has 2 aromatic carbocycles. The predicted octanol–water partition coefficient (Wildman–Crippen LogP) is 4.46. The van der Waals surface area contributed by atoms with Crippen LogP contribution in [0.5, 0.6) is 0 Å². The van der Waals surface area contributed by atoms with Crippen LogP contribution >= 0.6 is 12.4 Å². The molecule has 0 spiro atoms. The minimum atomic E-state index is -0.933. The molecule has 3 rings (SSSR count). The van der Waals surface area contributed by atoms with Crippen LogP contribution in [0, 0.1) is 5.92 Å². The van der Waals surface area contributed by atoms with E-state index in [9.17, 15) is 5.11 Å². The molecule has 1 aliphatic rings. The highest BCUT2D eigenvalue weighted by Gasteiger charge is 2.45. The molecule has 130 valence electrons. The molecular weight excluding hydrogens is 318 g/mol. The Morgan fingerprint density at radius 2 is 1.29 bits per heavy atom. The smallest absolute Gasteiger partial charge is 0.119 e. The molecule has 0 amide bonds. The van der Waals surface area contributed by atoms with Crippen molar-refractivity contribution >= 4 is 12.4 Å². The van der Waals surface area contributed by atoms with Gasteiger partial charge in [0.15, 0.2) is 0 Å². The van der Waals surface area contributed by atoms with Gasteiger partial charge in [-0.1, -0.05) is 73.5 Å². The van der Waals surface area contributed by atoms with E-state index in [2.05, 4.69) is 43.3 Å².